The van der Waals surface area contributed by atoms with Crippen LogP contribution in [0.4, 0.5) is 0 Å². The zero-order valence-corrected chi connectivity index (χ0v) is 14.3. The average Bonchev–Trinajstić information content (AvgIpc) is 2.51. The minimum Gasteiger partial charge on any atom is -0.395 e. The lowest BCUT2D eigenvalue weighted by Crippen LogP contribution is -2.34. The number of hydrogen-bond donors (Lipinski definition) is 3. The Labute approximate surface area is 132 Å². The van der Waals surface area contributed by atoms with Crippen LogP contribution in [0.3, 0.4) is 0 Å². The van der Waals surface area contributed by atoms with E-state index in [0.29, 0.717) is 6.54 Å². The number of aliphatic hydroxyl groups excluding tert-OH is 2. The maximum absolute atomic E-state index is 9.19. The van der Waals surface area contributed by atoms with Crippen molar-refractivity contribution < 1.29 is 10.2 Å². The highest BCUT2D eigenvalue weighted by atomic mass is 16.3. The fourth-order valence-corrected chi connectivity index (χ4v) is 2.76. The first kappa shape index (κ1) is 20.9. The summed E-state index contributed by atoms with van der Waals surface area (Å²) in [6, 6.07) is 0.167. The monoisotopic (exact) mass is 301 g/mol. The first-order valence-corrected chi connectivity index (χ1v) is 9.30. The van der Waals surface area contributed by atoms with Gasteiger partial charge in [0.15, 0.2) is 0 Å². The van der Waals surface area contributed by atoms with Crippen LogP contribution in [0.15, 0.2) is 0 Å². The number of nitrogens with one attached hydrogen (secondary N) is 1. The van der Waals surface area contributed by atoms with E-state index in [2.05, 4.69) is 12.2 Å². The smallest absolute Gasteiger partial charge is 0.0584 e. The Morgan fingerprint density at radius 3 is 1.62 bits per heavy atom. The maximum Gasteiger partial charge on any atom is 0.0584 e. The molecule has 21 heavy (non-hydrogen) atoms. The number of hydrogen-bond acceptors (Lipinski definition) is 3. The first-order chi connectivity index (χ1) is 10.3. The molecule has 0 saturated carbocycles. The van der Waals surface area contributed by atoms with Crippen molar-refractivity contribution >= 4 is 0 Å². The molecular formula is C18H39NO2. The molecule has 0 aliphatic heterocycles. The average molecular weight is 302 g/mol. The predicted octanol–water partition coefficient (Wildman–Crippen LogP) is 4.02. The Morgan fingerprint density at radius 2 is 1.19 bits per heavy atom. The summed E-state index contributed by atoms with van der Waals surface area (Å²) in [7, 11) is 0. The fourth-order valence-electron chi connectivity index (χ4n) is 2.76. The molecule has 0 aromatic carbocycles. The molecule has 1 unspecified atom stereocenters. The Bertz CT molecular complexity index is 188. The third-order valence-corrected chi connectivity index (χ3v) is 4.17. The van der Waals surface area contributed by atoms with Crippen LogP contribution in [0, 0.1) is 0 Å². The highest BCUT2D eigenvalue weighted by molar-refractivity contribution is 4.65. The molecule has 0 aliphatic rings. The minimum atomic E-state index is 0.148. The van der Waals surface area contributed by atoms with Crippen molar-refractivity contribution in [2.45, 2.75) is 96.4 Å². The van der Waals surface area contributed by atoms with Gasteiger partial charge in [-0.25, -0.2) is 0 Å². The van der Waals surface area contributed by atoms with Crippen molar-refractivity contribution in [1.82, 2.24) is 5.32 Å². The molecule has 0 radical (unpaired) electrons. The van der Waals surface area contributed by atoms with Gasteiger partial charge in [0.2, 0.25) is 0 Å². The summed E-state index contributed by atoms with van der Waals surface area (Å²) < 4.78 is 0. The third-order valence-electron chi connectivity index (χ3n) is 4.17. The SMILES string of the molecule is CCCCCCCCCCCCCCC(CO)NCCO. The van der Waals surface area contributed by atoms with E-state index in [1.54, 1.807) is 0 Å². The van der Waals surface area contributed by atoms with E-state index in [1.807, 2.05) is 0 Å². The molecule has 0 rings (SSSR count). The van der Waals surface area contributed by atoms with Crippen molar-refractivity contribution in [3.8, 4) is 0 Å². The van der Waals surface area contributed by atoms with Crippen LogP contribution in [-0.4, -0.2) is 36.0 Å². The zero-order chi connectivity index (χ0) is 15.6. The van der Waals surface area contributed by atoms with Crippen LogP contribution < -0.4 is 5.32 Å². The van der Waals surface area contributed by atoms with Gasteiger partial charge >= 0.3 is 0 Å². The van der Waals surface area contributed by atoms with Crippen molar-refractivity contribution in [2.24, 2.45) is 0 Å². The topological polar surface area (TPSA) is 52.5 Å². The highest BCUT2D eigenvalue weighted by Gasteiger charge is 2.05. The van der Waals surface area contributed by atoms with Crippen molar-refractivity contribution in [2.75, 3.05) is 19.8 Å². The highest BCUT2D eigenvalue weighted by Crippen LogP contribution is 2.12. The second kappa shape index (κ2) is 17.9. The van der Waals surface area contributed by atoms with Gasteiger partial charge in [0.05, 0.1) is 13.2 Å². The predicted molar refractivity (Wildman–Crippen MR) is 91.7 cm³/mol. The van der Waals surface area contributed by atoms with Crippen LogP contribution in [0.1, 0.15) is 90.4 Å². The van der Waals surface area contributed by atoms with E-state index >= 15 is 0 Å². The van der Waals surface area contributed by atoms with E-state index in [9.17, 15) is 5.11 Å². The number of aliphatic hydroxyl groups is 2. The molecule has 0 amide bonds. The summed E-state index contributed by atoms with van der Waals surface area (Å²) in [5.74, 6) is 0. The molecule has 0 aromatic rings. The summed E-state index contributed by atoms with van der Waals surface area (Å²) in [5, 5.41) is 21.1. The molecule has 3 heteroatoms. The summed E-state index contributed by atoms with van der Waals surface area (Å²) in [4.78, 5) is 0. The molecule has 0 heterocycles. The summed E-state index contributed by atoms with van der Waals surface area (Å²) >= 11 is 0. The van der Waals surface area contributed by atoms with Crippen molar-refractivity contribution in [3.63, 3.8) is 0 Å². The van der Waals surface area contributed by atoms with Gasteiger partial charge in [-0.05, 0) is 6.42 Å². The standard InChI is InChI=1S/C18H39NO2/c1-2-3-4-5-6-7-8-9-10-11-12-13-14-18(17-21)19-15-16-20/h18-21H,2-17H2,1H3. The molecule has 0 aromatic heterocycles. The summed E-state index contributed by atoms with van der Waals surface area (Å²) in [6.07, 6.45) is 17.4. The Kier molecular flexibility index (Phi) is 17.8. The second-order valence-electron chi connectivity index (χ2n) is 6.23. The van der Waals surface area contributed by atoms with Gasteiger partial charge in [-0.1, -0.05) is 84.0 Å². The van der Waals surface area contributed by atoms with Gasteiger partial charge in [0.25, 0.3) is 0 Å². The summed E-state index contributed by atoms with van der Waals surface area (Å²) in [6.45, 7) is 3.18. The molecule has 0 fully saturated rings. The minimum absolute atomic E-state index is 0.148. The van der Waals surface area contributed by atoms with Crippen molar-refractivity contribution in [1.29, 1.82) is 0 Å². The lowest BCUT2D eigenvalue weighted by molar-refractivity contribution is 0.217. The van der Waals surface area contributed by atoms with E-state index in [0.717, 1.165) is 6.42 Å². The first-order valence-electron chi connectivity index (χ1n) is 9.30. The van der Waals surface area contributed by atoms with Gasteiger partial charge < -0.3 is 15.5 Å². The lowest BCUT2D eigenvalue weighted by atomic mass is 10.0. The van der Waals surface area contributed by atoms with E-state index in [1.165, 1.54) is 77.0 Å². The molecule has 3 nitrogen and oxygen atoms in total. The van der Waals surface area contributed by atoms with Crippen LogP contribution in [-0.2, 0) is 0 Å². The van der Waals surface area contributed by atoms with Gasteiger partial charge in [-0.15, -0.1) is 0 Å². The van der Waals surface area contributed by atoms with Crippen LogP contribution in [0.5, 0.6) is 0 Å². The van der Waals surface area contributed by atoms with E-state index in [4.69, 9.17) is 5.11 Å². The molecule has 0 spiro atoms. The van der Waals surface area contributed by atoms with Gasteiger partial charge in [0.1, 0.15) is 0 Å². The lowest BCUT2D eigenvalue weighted by Gasteiger charge is -2.15. The molecule has 1 atom stereocenters. The van der Waals surface area contributed by atoms with Crippen LogP contribution in [0.25, 0.3) is 0 Å². The Hall–Kier alpha value is -0.120. The molecular weight excluding hydrogens is 262 g/mol. The van der Waals surface area contributed by atoms with E-state index < -0.39 is 0 Å². The van der Waals surface area contributed by atoms with Gasteiger partial charge in [0, 0.05) is 12.6 Å². The number of unbranched alkanes of at least 4 members (excludes halogenated alkanes) is 11. The second-order valence-corrected chi connectivity index (χ2v) is 6.23. The molecule has 0 saturated heterocycles. The van der Waals surface area contributed by atoms with Crippen LogP contribution >= 0.6 is 0 Å². The molecule has 0 aliphatic carbocycles. The van der Waals surface area contributed by atoms with Crippen LogP contribution in [0.2, 0.25) is 0 Å². The Balaban J connectivity index is 3.14. The summed E-state index contributed by atoms with van der Waals surface area (Å²) in [5.41, 5.74) is 0. The third kappa shape index (κ3) is 16.1. The van der Waals surface area contributed by atoms with E-state index in [-0.39, 0.29) is 19.3 Å². The van der Waals surface area contributed by atoms with Gasteiger partial charge in [-0.3, -0.25) is 0 Å². The fraction of sp³-hybridized carbons (Fsp3) is 1.00. The zero-order valence-electron chi connectivity index (χ0n) is 14.3. The normalized spacial score (nSPS) is 12.7. The molecule has 3 N–H and O–H groups in total. The number of rotatable bonds is 17. The maximum atomic E-state index is 9.19. The molecule has 128 valence electrons. The van der Waals surface area contributed by atoms with Crippen molar-refractivity contribution in [3.05, 3.63) is 0 Å². The largest absolute Gasteiger partial charge is 0.395 e. The quantitative estimate of drug-likeness (QED) is 0.356. The molecule has 0 bridgehead atoms. The van der Waals surface area contributed by atoms with Gasteiger partial charge in [-0.2, -0.15) is 0 Å². The Morgan fingerprint density at radius 1 is 0.714 bits per heavy atom.